The van der Waals surface area contributed by atoms with Crippen LogP contribution in [0.4, 0.5) is 17.6 Å². The Morgan fingerprint density at radius 1 is 1.04 bits per heavy atom. The van der Waals surface area contributed by atoms with Crippen molar-refractivity contribution in [3.8, 4) is 11.4 Å². The molecule has 0 spiro atoms. The van der Waals surface area contributed by atoms with Crippen molar-refractivity contribution in [3.63, 3.8) is 0 Å². The van der Waals surface area contributed by atoms with Gasteiger partial charge in [0.1, 0.15) is 0 Å². The summed E-state index contributed by atoms with van der Waals surface area (Å²) in [6.07, 6.45) is 0. The van der Waals surface area contributed by atoms with Crippen molar-refractivity contribution < 1.29 is 17.6 Å². The average molecular weight is 368 g/mol. The van der Waals surface area contributed by atoms with Gasteiger partial charge >= 0.3 is 0 Å². The lowest BCUT2D eigenvalue weighted by atomic mass is 10.1. The molecule has 1 aromatic carbocycles. The molecule has 0 N–H and O–H groups in total. The van der Waals surface area contributed by atoms with Crippen molar-refractivity contribution in [2.45, 2.75) is 30.4 Å². The van der Waals surface area contributed by atoms with E-state index in [4.69, 9.17) is 0 Å². The first-order chi connectivity index (χ1) is 11.9. The largest absolute Gasteiger partial charge is 0.302 e. The highest BCUT2D eigenvalue weighted by molar-refractivity contribution is 7.99. The highest BCUT2D eigenvalue weighted by Crippen LogP contribution is 2.34. The van der Waals surface area contributed by atoms with Crippen LogP contribution in [-0.2, 0) is 6.54 Å². The summed E-state index contributed by atoms with van der Waals surface area (Å²) in [6, 6.07) is 7.47. The van der Waals surface area contributed by atoms with Crippen molar-refractivity contribution in [3.05, 3.63) is 53.4 Å². The fourth-order valence-electron chi connectivity index (χ4n) is 2.30. The lowest BCUT2D eigenvalue weighted by molar-refractivity contribution is 0.383. The quantitative estimate of drug-likeness (QED) is 0.506. The van der Waals surface area contributed by atoms with Crippen LogP contribution in [0.5, 0.6) is 0 Å². The van der Waals surface area contributed by atoms with Crippen molar-refractivity contribution in [1.82, 2.24) is 19.7 Å². The standard InChI is InChI=1S/C16H12F4N4S/c1-3-24-15(9-6-4-5-8(2)7-9)22-23-16(24)25-12-10(17)13(19)21-14(20)11(12)18/h4-7H,3H2,1-2H3. The molecule has 0 aliphatic heterocycles. The molecule has 0 amide bonds. The van der Waals surface area contributed by atoms with E-state index in [0.717, 1.165) is 11.1 Å². The molecule has 130 valence electrons. The Morgan fingerprint density at radius 3 is 2.32 bits per heavy atom. The van der Waals surface area contributed by atoms with E-state index in [1.165, 1.54) is 0 Å². The first-order valence-electron chi connectivity index (χ1n) is 7.30. The minimum atomic E-state index is -1.71. The zero-order valence-electron chi connectivity index (χ0n) is 13.2. The minimum absolute atomic E-state index is 0.113. The molecule has 3 aromatic rings. The van der Waals surface area contributed by atoms with Crippen LogP contribution in [-0.4, -0.2) is 19.7 Å². The lowest BCUT2D eigenvalue weighted by Gasteiger charge is -2.09. The van der Waals surface area contributed by atoms with E-state index in [9.17, 15) is 17.6 Å². The molecule has 0 radical (unpaired) electrons. The Labute approximate surface area is 144 Å². The second kappa shape index (κ2) is 6.83. The second-order valence-corrected chi connectivity index (χ2v) is 6.15. The third kappa shape index (κ3) is 3.23. The Hall–Kier alpha value is -2.42. The van der Waals surface area contributed by atoms with Crippen molar-refractivity contribution >= 4 is 11.8 Å². The Morgan fingerprint density at radius 2 is 1.72 bits per heavy atom. The smallest absolute Gasteiger partial charge is 0.252 e. The third-order valence-corrected chi connectivity index (χ3v) is 4.51. The van der Waals surface area contributed by atoms with Crippen LogP contribution in [0.3, 0.4) is 0 Å². The number of aryl methyl sites for hydroxylation is 1. The van der Waals surface area contributed by atoms with Crippen LogP contribution in [0, 0.1) is 30.5 Å². The zero-order valence-corrected chi connectivity index (χ0v) is 14.0. The van der Waals surface area contributed by atoms with Crippen LogP contribution in [0.25, 0.3) is 11.4 Å². The minimum Gasteiger partial charge on any atom is -0.302 e. The van der Waals surface area contributed by atoms with Gasteiger partial charge in [-0.05, 0) is 31.7 Å². The number of halogens is 4. The number of benzene rings is 1. The summed E-state index contributed by atoms with van der Waals surface area (Å²) in [5, 5.41) is 8.06. The molecule has 0 bridgehead atoms. The highest BCUT2D eigenvalue weighted by Gasteiger charge is 2.24. The predicted molar refractivity (Wildman–Crippen MR) is 84.1 cm³/mol. The van der Waals surface area contributed by atoms with E-state index in [1.54, 1.807) is 11.5 Å². The normalized spacial score (nSPS) is 11.1. The maximum Gasteiger partial charge on any atom is 0.252 e. The maximum atomic E-state index is 13.8. The number of aromatic nitrogens is 4. The number of pyridine rings is 1. The molecule has 25 heavy (non-hydrogen) atoms. The van der Waals surface area contributed by atoms with E-state index < -0.39 is 28.4 Å². The molecular formula is C16H12F4N4S. The van der Waals surface area contributed by atoms with E-state index in [0.29, 0.717) is 24.1 Å². The van der Waals surface area contributed by atoms with E-state index in [-0.39, 0.29) is 5.16 Å². The van der Waals surface area contributed by atoms with E-state index in [2.05, 4.69) is 15.2 Å². The van der Waals surface area contributed by atoms with Gasteiger partial charge in [0.2, 0.25) is 0 Å². The molecule has 0 aliphatic rings. The summed E-state index contributed by atoms with van der Waals surface area (Å²) in [5.74, 6) is -6.05. The Balaban J connectivity index is 2.06. The third-order valence-electron chi connectivity index (χ3n) is 3.46. The second-order valence-electron chi connectivity index (χ2n) is 5.17. The molecule has 2 heterocycles. The van der Waals surface area contributed by atoms with Crippen molar-refractivity contribution in [1.29, 1.82) is 0 Å². The van der Waals surface area contributed by atoms with Gasteiger partial charge in [0, 0.05) is 12.1 Å². The van der Waals surface area contributed by atoms with Gasteiger partial charge in [-0.15, -0.1) is 10.2 Å². The maximum absolute atomic E-state index is 13.8. The molecule has 0 aliphatic carbocycles. The first kappa shape index (κ1) is 17.4. The molecule has 0 atom stereocenters. The summed E-state index contributed by atoms with van der Waals surface area (Å²) in [4.78, 5) is 1.70. The summed E-state index contributed by atoms with van der Waals surface area (Å²) in [7, 11) is 0. The van der Waals surface area contributed by atoms with Gasteiger partial charge in [0.05, 0.1) is 4.90 Å². The molecule has 0 saturated carbocycles. The van der Waals surface area contributed by atoms with Crippen LogP contribution in [0.15, 0.2) is 34.3 Å². The molecule has 9 heteroatoms. The highest BCUT2D eigenvalue weighted by atomic mass is 32.2. The Bertz CT molecular complexity index is 916. The first-order valence-corrected chi connectivity index (χ1v) is 8.12. The molecule has 0 unspecified atom stereocenters. The van der Waals surface area contributed by atoms with Gasteiger partial charge in [-0.3, -0.25) is 0 Å². The topological polar surface area (TPSA) is 43.6 Å². The molecule has 3 rings (SSSR count). The number of nitrogens with zero attached hydrogens (tertiary/aromatic N) is 4. The fraction of sp³-hybridized carbons (Fsp3) is 0.188. The van der Waals surface area contributed by atoms with Crippen molar-refractivity contribution in [2.24, 2.45) is 0 Å². The van der Waals surface area contributed by atoms with Gasteiger partial charge in [-0.1, -0.05) is 23.8 Å². The SMILES string of the molecule is CCn1c(Sc2c(F)c(F)nc(F)c2F)nnc1-c1cccc(C)c1. The lowest BCUT2D eigenvalue weighted by Crippen LogP contribution is -2.04. The van der Waals surface area contributed by atoms with Gasteiger partial charge in [-0.25, -0.2) is 8.78 Å². The average Bonchev–Trinajstić information content (AvgIpc) is 2.99. The molecular weight excluding hydrogens is 356 g/mol. The van der Waals surface area contributed by atoms with Gasteiger partial charge in [0.15, 0.2) is 22.6 Å². The summed E-state index contributed by atoms with van der Waals surface area (Å²) >= 11 is 0.459. The molecule has 0 saturated heterocycles. The fourth-order valence-corrected chi connectivity index (χ4v) is 3.23. The zero-order chi connectivity index (χ0) is 18.1. The number of hydrogen-bond donors (Lipinski definition) is 0. The summed E-state index contributed by atoms with van der Waals surface area (Å²) < 4.78 is 55.8. The van der Waals surface area contributed by atoms with E-state index in [1.807, 2.05) is 31.2 Å². The summed E-state index contributed by atoms with van der Waals surface area (Å²) in [5.41, 5.74) is 1.78. The number of rotatable bonds is 4. The molecule has 4 nitrogen and oxygen atoms in total. The van der Waals surface area contributed by atoms with Crippen LogP contribution in [0.2, 0.25) is 0 Å². The summed E-state index contributed by atoms with van der Waals surface area (Å²) in [6.45, 7) is 4.12. The van der Waals surface area contributed by atoms with Crippen LogP contribution in [0.1, 0.15) is 12.5 Å². The van der Waals surface area contributed by atoms with Crippen LogP contribution < -0.4 is 0 Å². The Kier molecular flexibility index (Phi) is 4.76. The number of hydrogen-bond acceptors (Lipinski definition) is 4. The monoisotopic (exact) mass is 368 g/mol. The van der Waals surface area contributed by atoms with Gasteiger partial charge in [-0.2, -0.15) is 13.8 Å². The predicted octanol–water partition coefficient (Wildman–Crippen LogP) is 4.38. The van der Waals surface area contributed by atoms with E-state index >= 15 is 0 Å². The van der Waals surface area contributed by atoms with Gasteiger partial charge < -0.3 is 4.57 Å². The molecule has 0 fully saturated rings. The molecule has 2 aromatic heterocycles. The van der Waals surface area contributed by atoms with Crippen LogP contribution >= 0.6 is 11.8 Å². The van der Waals surface area contributed by atoms with Gasteiger partial charge in [0.25, 0.3) is 11.9 Å². The van der Waals surface area contributed by atoms with Crippen molar-refractivity contribution in [2.75, 3.05) is 0 Å².